The second-order valence-corrected chi connectivity index (χ2v) is 4.16. The zero-order valence-electron chi connectivity index (χ0n) is 9.08. The van der Waals surface area contributed by atoms with Gasteiger partial charge in [-0.2, -0.15) is 0 Å². The molecule has 2 aromatic heterocycles. The van der Waals surface area contributed by atoms with Crippen molar-refractivity contribution in [2.24, 2.45) is 12.8 Å². The molecule has 6 nitrogen and oxygen atoms in total. The van der Waals surface area contributed by atoms with Crippen molar-refractivity contribution in [2.75, 3.05) is 0 Å². The van der Waals surface area contributed by atoms with E-state index in [1.807, 2.05) is 18.5 Å². The molecule has 7 heteroatoms. The predicted octanol–water partition coefficient (Wildman–Crippen LogP) is 0.523. The summed E-state index contributed by atoms with van der Waals surface area (Å²) >= 11 is 1.42. The van der Waals surface area contributed by atoms with E-state index in [9.17, 15) is 0 Å². The third kappa shape index (κ3) is 2.05. The van der Waals surface area contributed by atoms with Crippen molar-refractivity contribution < 1.29 is 0 Å². The van der Waals surface area contributed by atoms with Crippen molar-refractivity contribution in [1.29, 1.82) is 0 Å². The second kappa shape index (κ2) is 4.58. The maximum atomic E-state index is 5.59. The Morgan fingerprint density at radius 3 is 2.69 bits per heavy atom. The smallest absolute Gasteiger partial charge is 0.197 e. The zero-order chi connectivity index (χ0) is 11.5. The number of aromatic nitrogens is 5. The van der Waals surface area contributed by atoms with Crippen molar-refractivity contribution in [3.05, 3.63) is 23.9 Å². The molecule has 0 unspecified atom stereocenters. The van der Waals surface area contributed by atoms with Crippen LogP contribution < -0.4 is 5.73 Å². The maximum absolute atomic E-state index is 5.59. The fourth-order valence-electron chi connectivity index (χ4n) is 1.14. The summed E-state index contributed by atoms with van der Waals surface area (Å²) in [5.41, 5.74) is 6.36. The lowest BCUT2D eigenvalue weighted by Gasteiger charge is -2.04. The molecule has 84 valence electrons. The van der Waals surface area contributed by atoms with Crippen LogP contribution >= 0.6 is 11.8 Å². The lowest BCUT2D eigenvalue weighted by Crippen LogP contribution is -2.03. The lowest BCUT2D eigenvalue weighted by atomic mass is 10.5. The van der Waals surface area contributed by atoms with E-state index in [1.165, 1.54) is 11.8 Å². The molecule has 2 aromatic rings. The number of hydrogen-bond acceptors (Lipinski definition) is 6. The number of aryl methyl sites for hydroxylation is 1. The quantitative estimate of drug-likeness (QED) is 0.836. The fraction of sp³-hybridized carbons (Fsp3) is 0.333. The van der Waals surface area contributed by atoms with Crippen LogP contribution in [-0.2, 0) is 13.6 Å². The van der Waals surface area contributed by atoms with Gasteiger partial charge in [0.25, 0.3) is 0 Å². The largest absolute Gasteiger partial charge is 0.325 e. The van der Waals surface area contributed by atoms with Crippen LogP contribution in [0.2, 0.25) is 0 Å². The summed E-state index contributed by atoms with van der Waals surface area (Å²) < 4.78 is 1.90. The molecular formula is C9H12N6S. The zero-order valence-corrected chi connectivity index (χ0v) is 9.90. The van der Waals surface area contributed by atoms with Crippen LogP contribution in [0.25, 0.3) is 0 Å². The summed E-state index contributed by atoms with van der Waals surface area (Å²) in [6.07, 6.45) is 3.28. The Labute approximate surface area is 97.3 Å². The van der Waals surface area contributed by atoms with Gasteiger partial charge in [-0.3, -0.25) is 4.98 Å². The van der Waals surface area contributed by atoms with E-state index >= 15 is 0 Å². The molecule has 0 saturated heterocycles. The lowest BCUT2D eigenvalue weighted by molar-refractivity contribution is 0.762. The molecule has 2 rings (SSSR count). The van der Waals surface area contributed by atoms with Crippen molar-refractivity contribution in [3.63, 3.8) is 0 Å². The summed E-state index contributed by atoms with van der Waals surface area (Å²) in [6.45, 7) is 2.27. The Kier molecular flexibility index (Phi) is 3.16. The molecule has 0 aliphatic carbocycles. The highest BCUT2D eigenvalue weighted by Gasteiger charge is 2.11. The van der Waals surface area contributed by atoms with Crippen LogP contribution in [-0.4, -0.2) is 24.7 Å². The van der Waals surface area contributed by atoms with Crippen molar-refractivity contribution in [1.82, 2.24) is 24.7 Å². The van der Waals surface area contributed by atoms with Crippen molar-refractivity contribution >= 4 is 11.8 Å². The van der Waals surface area contributed by atoms with Gasteiger partial charge >= 0.3 is 0 Å². The third-order valence-electron chi connectivity index (χ3n) is 2.17. The van der Waals surface area contributed by atoms with E-state index in [4.69, 9.17) is 5.73 Å². The van der Waals surface area contributed by atoms with Gasteiger partial charge in [-0.25, -0.2) is 4.98 Å². The van der Waals surface area contributed by atoms with E-state index in [1.54, 1.807) is 12.4 Å². The van der Waals surface area contributed by atoms with Gasteiger partial charge < -0.3 is 10.3 Å². The maximum Gasteiger partial charge on any atom is 0.197 e. The molecule has 0 bridgehead atoms. The van der Waals surface area contributed by atoms with Gasteiger partial charge in [0.15, 0.2) is 5.16 Å². The first-order valence-corrected chi connectivity index (χ1v) is 5.58. The minimum atomic E-state index is 0.368. The first-order chi connectivity index (χ1) is 7.72. The van der Waals surface area contributed by atoms with Crippen LogP contribution in [0, 0.1) is 6.92 Å². The monoisotopic (exact) mass is 236 g/mol. The number of hydrogen-bond donors (Lipinski definition) is 1. The normalized spacial score (nSPS) is 10.7. The molecule has 0 aromatic carbocycles. The van der Waals surface area contributed by atoms with Crippen LogP contribution in [0.5, 0.6) is 0 Å². The first kappa shape index (κ1) is 11.0. The van der Waals surface area contributed by atoms with Gasteiger partial charge in [0, 0.05) is 26.0 Å². The topological polar surface area (TPSA) is 82.5 Å². The Morgan fingerprint density at radius 1 is 1.31 bits per heavy atom. The van der Waals surface area contributed by atoms with Crippen LogP contribution in [0.15, 0.2) is 22.6 Å². The molecule has 0 radical (unpaired) electrons. The SMILES string of the molecule is Cc1nnc(Sc2nccnc2CN)n1C. The summed E-state index contributed by atoms with van der Waals surface area (Å²) in [5, 5.41) is 9.60. The fourth-order valence-corrected chi connectivity index (χ4v) is 2.03. The van der Waals surface area contributed by atoms with E-state index in [0.717, 1.165) is 21.7 Å². The Morgan fingerprint density at radius 2 is 2.06 bits per heavy atom. The third-order valence-corrected chi connectivity index (χ3v) is 3.24. The molecule has 0 amide bonds. The van der Waals surface area contributed by atoms with Crippen LogP contribution in [0.3, 0.4) is 0 Å². The van der Waals surface area contributed by atoms with Gasteiger partial charge in [0.05, 0.1) is 5.69 Å². The Bertz CT molecular complexity index is 494. The summed E-state index contributed by atoms with van der Waals surface area (Å²) in [7, 11) is 1.91. The minimum absolute atomic E-state index is 0.368. The predicted molar refractivity (Wildman–Crippen MR) is 59.8 cm³/mol. The molecule has 0 atom stereocenters. The molecule has 0 spiro atoms. The molecule has 2 N–H and O–H groups in total. The highest BCUT2D eigenvalue weighted by molar-refractivity contribution is 7.99. The van der Waals surface area contributed by atoms with Gasteiger partial charge in [-0.05, 0) is 18.7 Å². The standard InChI is InChI=1S/C9H12N6S/c1-6-13-14-9(15(6)2)16-8-7(5-10)11-3-4-12-8/h3-4H,5,10H2,1-2H3. The average Bonchev–Trinajstić information content (AvgIpc) is 2.62. The number of nitrogens with two attached hydrogens (primary N) is 1. The van der Waals surface area contributed by atoms with Gasteiger partial charge in [0.2, 0.25) is 0 Å². The molecule has 0 fully saturated rings. The molecule has 0 saturated carbocycles. The van der Waals surface area contributed by atoms with Crippen LogP contribution in [0.1, 0.15) is 11.5 Å². The highest BCUT2D eigenvalue weighted by Crippen LogP contribution is 2.25. The van der Waals surface area contributed by atoms with E-state index in [0.29, 0.717) is 6.54 Å². The summed E-state index contributed by atoms with van der Waals surface area (Å²) in [6, 6.07) is 0. The van der Waals surface area contributed by atoms with Crippen molar-refractivity contribution in [3.8, 4) is 0 Å². The number of nitrogens with zero attached hydrogens (tertiary/aromatic N) is 5. The first-order valence-electron chi connectivity index (χ1n) is 4.76. The number of rotatable bonds is 3. The van der Waals surface area contributed by atoms with E-state index < -0.39 is 0 Å². The molecule has 0 aliphatic rings. The summed E-state index contributed by atoms with van der Waals surface area (Å²) in [5.74, 6) is 0.862. The van der Waals surface area contributed by atoms with E-state index in [-0.39, 0.29) is 0 Å². The second-order valence-electron chi connectivity index (χ2n) is 3.20. The van der Waals surface area contributed by atoms with Gasteiger partial charge in [-0.15, -0.1) is 10.2 Å². The molecule has 2 heterocycles. The summed E-state index contributed by atoms with van der Waals surface area (Å²) in [4.78, 5) is 8.40. The molecule has 0 aliphatic heterocycles. The minimum Gasteiger partial charge on any atom is -0.325 e. The van der Waals surface area contributed by atoms with Crippen molar-refractivity contribution in [2.45, 2.75) is 23.7 Å². The average molecular weight is 236 g/mol. The van der Waals surface area contributed by atoms with Crippen LogP contribution in [0.4, 0.5) is 0 Å². The van der Waals surface area contributed by atoms with Gasteiger partial charge in [-0.1, -0.05) is 0 Å². The highest BCUT2D eigenvalue weighted by atomic mass is 32.2. The van der Waals surface area contributed by atoms with E-state index in [2.05, 4.69) is 20.2 Å². The molecular weight excluding hydrogens is 224 g/mol. The molecule has 16 heavy (non-hydrogen) atoms. The Balaban J connectivity index is 2.30. The Hall–Kier alpha value is -1.47. The van der Waals surface area contributed by atoms with Gasteiger partial charge in [0.1, 0.15) is 10.9 Å².